The maximum atomic E-state index is 2.75. The van der Waals surface area contributed by atoms with E-state index in [-0.39, 0.29) is 0 Å². The smallest absolute Gasteiger partial charge is 0.0167 e. The van der Waals surface area contributed by atoms with E-state index in [0.29, 0.717) is 0 Å². The summed E-state index contributed by atoms with van der Waals surface area (Å²) in [6.07, 6.45) is 13.3. The molecule has 0 aromatic rings. The zero-order valence-corrected chi connectivity index (χ0v) is 11.3. The van der Waals surface area contributed by atoms with Crippen LogP contribution in [-0.4, -0.2) is 14.1 Å². The Hall–Kier alpha value is -0.560. The summed E-state index contributed by atoms with van der Waals surface area (Å²) in [4.78, 5) is 0. The summed E-state index contributed by atoms with van der Waals surface area (Å²) in [5, 5.41) is 2.75. The Morgan fingerprint density at radius 1 is 1.27 bits per heavy atom. The average molecular weight is 211 g/mol. The van der Waals surface area contributed by atoms with Crippen LogP contribution in [0.1, 0.15) is 52.9 Å². The molecule has 1 nitrogen and oxygen atoms in total. The SMILES string of the molecule is CC.CCCCC1=CC=CCC1.CNC. The zero-order valence-electron chi connectivity index (χ0n) is 11.3. The van der Waals surface area contributed by atoms with E-state index >= 15 is 0 Å². The van der Waals surface area contributed by atoms with Crippen molar-refractivity contribution in [2.45, 2.75) is 52.9 Å². The first kappa shape index (κ1) is 16.9. The third-order valence-corrected chi connectivity index (χ3v) is 1.95. The summed E-state index contributed by atoms with van der Waals surface area (Å²) >= 11 is 0. The zero-order chi connectivity index (χ0) is 11.9. The lowest BCUT2D eigenvalue weighted by atomic mass is 10.00. The Morgan fingerprint density at radius 2 is 1.87 bits per heavy atom. The molecule has 15 heavy (non-hydrogen) atoms. The number of rotatable bonds is 3. The van der Waals surface area contributed by atoms with Crippen LogP contribution in [0.4, 0.5) is 0 Å². The normalized spacial score (nSPS) is 13.0. The minimum atomic E-state index is 1.26. The summed E-state index contributed by atoms with van der Waals surface area (Å²) in [5.41, 5.74) is 1.64. The lowest BCUT2D eigenvalue weighted by molar-refractivity contribution is 0.750. The fourth-order valence-electron chi connectivity index (χ4n) is 1.26. The van der Waals surface area contributed by atoms with Crippen molar-refractivity contribution in [3.8, 4) is 0 Å². The maximum Gasteiger partial charge on any atom is -0.0167 e. The van der Waals surface area contributed by atoms with E-state index in [0.717, 1.165) is 0 Å². The van der Waals surface area contributed by atoms with E-state index in [1.54, 1.807) is 5.57 Å². The Labute approximate surface area is 96.7 Å². The maximum absolute atomic E-state index is 2.75. The molecule has 0 aromatic carbocycles. The van der Waals surface area contributed by atoms with Crippen molar-refractivity contribution in [2.75, 3.05) is 14.1 Å². The highest BCUT2D eigenvalue weighted by molar-refractivity contribution is 5.17. The number of hydrogen-bond acceptors (Lipinski definition) is 1. The second kappa shape index (κ2) is 15.9. The van der Waals surface area contributed by atoms with Crippen LogP contribution in [0.3, 0.4) is 0 Å². The van der Waals surface area contributed by atoms with E-state index < -0.39 is 0 Å². The summed E-state index contributed by atoms with van der Waals surface area (Å²) in [7, 11) is 3.75. The van der Waals surface area contributed by atoms with Gasteiger partial charge in [0.2, 0.25) is 0 Å². The monoisotopic (exact) mass is 211 g/mol. The molecule has 0 amide bonds. The van der Waals surface area contributed by atoms with Gasteiger partial charge in [-0.1, -0.05) is 51.0 Å². The quantitative estimate of drug-likeness (QED) is 0.733. The summed E-state index contributed by atoms with van der Waals surface area (Å²) < 4.78 is 0. The molecule has 0 fully saturated rings. The number of nitrogens with one attached hydrogen (secondary N) is 1. The molecule has 1 N–H and O–H groups in total. The first-order chi connectivity index (χ1) is 7.35. The Morgan fingerprint density at radius 3 is 2.27 bits per heavy atom. The average Bonchev–Trinajstić information content (AvgIpc) is 2.31. The van der Waals surface area contributed by atoms with Crippen LogP contribution in [-0.2, 0) is 0 Å². The van der Waals surface area contributed by atoms with E-state index in [1.807, 2.05) is 27.9 Å². The molecule has 1 aliphatic carbocycles. The molecule has 0 aromatic heterocycles. The summed E-state index contributed by atoms with van der Waals surface area (Å²) in [6.45, 7) is 6.25. The van der Waals surface area contributed by atoms with Gasteiger partial charge < -0.3 is 5.32 Å². The van der Waals surface area contributed by atoms with Crippen LogP contribution in [0.15, 0.2) is 23.8 Å². The Kier molecular flexibility index (Phi) is 17.9. The summed E-state index contributed by atoms with van der Waals surface area (Å²) in [5.74, 6) is 0. The predicted octanol–water partition coefficient (Wildman–Crippen LogP) is 4.31. The topological polar surface area (TPSA) is 12.0 Å². The largest absolute Gasteiger partial charge is 0.323 e. The predicted molar refractivity (Wildman–Crippen MR) is 72.3 cm³/mol. The molecule has 0 heterocycles. The van der Waals surface area contributed by atoms with Crippen molar-refractivity contribution in [1.29, 1.82) is 0 Å². The minimum Gasteiger partial charge on any atom is -0.323 e. The molecule has 1 heteroatoms. The van der Waals surface area contributed by atoms with Crippen molar-refractivity contribution in [3.63, 3.8) is 0 Å². The van der Waals surface area contributed by atoms with Crippen LogP contribution in [0.2, 0.25) is 0 Å². The highest BCUT2D eigenvalue weighted by atomic mass is 14.7. The fourth-order valence-corrected chi connectivity index (χ4v) is 1.26. The number of allylic oxidation sites excluding steroid dienone is 4. The molecule has 90 valence electrons. The second-order valence-corrected chi connectivity index (χ2v) is 3.40. The van der Waals surface area contributed by atoms with Crippen LogP contribution in [0.5, 0.6) is 0 Å². The van der Waals surface area contributed by atoms with Gasteiger partial charge in [-0.05, 0) is 39.8 Å². The van der Waals surface area contributed by atoms with Crippen molar-refractivity contribution in [2.24, 2.45) is 0 Å². The first-order valence-electron chi connectivity index (χ1n) is 6.28. The van der Waals surface area contributed by atoms with E-state index in [2.05, 4.69) is 30.5 Å². The van der Waals surface area contributed by atoms with Gasteiger partial charge in [-0.2, -0.15) is 0 Å². The van der Waals surface area contributed by atoms with Gasteiger partial charge in [0.05, 0.1) is 0 Å². The molecule has 0 radical (unpaired) electrons. The van der Waals surface area contributed by atoms with Gasteiger partial charge in [-0.25, -0.2) is 0 Å². The molecule has 1 aliphatic rings. The van der Waals surface area contributed by atoms with E-state index in [9.17, 15) is 0 Å². The van der Waals surface area contributed by atoms with Crippen molar-refractivity contribution >= 4 is 0 Å². The Bertz CT molecular complexity index is 157. The van der Waals surface area contributed by atoms with Crippen molar-refractivity contribution in [1.82, 2.24) is 5.32 Å². The molecule has 0 saturated heterocycles. The van der Waals surface area contributed by atoms with E-state index in [1.165, 1.54) is 32.1 Å². The number of hydrogen-bond donors (Lipinski definition) is 1. The highest BCUT2D eigenvalue weighted by Gasteiger charge is 1.97. The van der Waals surface area contributed by atoms with Crippen LogP contribution >= 0.6 is 0 Å². The van der Waals surface area contributed by atoms with Gasteiger partial charge in [-0.3, -0.25) is 0 Å². The van der Waals surface area contributed by atoms with Gasteiger partial charge in [0.25, 0.3) is 0 Å². The Balaban J connectivity index is 0. The highest BCUT2D eigenvalue weighted by Crippen LogP contribution is 2.17. The third kappa shape index (κ3) is 13.4. The lowest BCUT2D eigenvalue weighted by Gasteiger charge is -2.06. The van der Waals surface area contributed by atoms with Gasteiger partial charge in [0.1, 0.15) is 0 Å². The van der Waals surface area contributed by atoms with Gasteiger partial charge in [0, 0.05) is 0 Å². The molecule has 0 bridgehead atoms. The van der Waals surface area contributed by atoms with Gasteiger partial charge in [0.15, 0.2) is 0 Å². The number of unbranched alkanes of at least 4 members (excludes halogenated alkanes) is 1. The molecule has 1 rings (SSSR count). The van der Waals surface area contributed by atoms with E-state index in [4.69, 9.17) is 0 Å². The standard InChI is InChI=1S/C10H16.C2H7N.C2H6/c1-2-3-7-10-8-5-4-6-9-10;1-3-2;1-2/h4-5,8H,2-3,6-7,9H2,1H3;3H,1-2H3;1-2H3. The van der Waals surface area contributed by atoms with Crippen molar-refractivity contribution in [3.05, 3.63) is 23.8 Å². The summed E-state index contributed by atoms with van der Waals surface area (Å²) in [6, 6.07) is 0. The van der Waals surface area contributed by atoms with Crippen molar-refractivity contribution < 1.29 is 0 Å². The molecule has 0 saturated carbocycles. The second-order valence-electron chi connectivity index (χ2n) is 3.40. The third-order valence-electron chi connectivity index (χ3n) is 1.95. The molecule has 0 unspecified atom stereocenters. The molecular formula is C14H29N. The van der Waals surface area contributed by atoms with Gasteiger partial charge >= 0.3 is 0 Å². The molecule has 0 aliphatic heterocycles. The fraction of sp³-hybridized carbons (Fsp3) is 0.714. The minimum absolute atomic E-state index is 1.26. The first-order valence-corrected chi connectivity index (χ1v) is 6.28. The molecule has 0 spiro atoms. The molecular weight excluding hydrogens is 182 g/mol. The molecule has 0 atom stereocenters. The van der Waals surface area contributed by atoms with Crippen LogP contribution in [0.25, 0.3) is 0 Å². The van der Waals surface area contributed by atoms with Gasteiger partial charge in [-0.15, -0.1) is 0 Å². The lowest BCUT2D eigenvalue weighted by Crippen LogP contribution is -1.89. The van der Waals surface area contributed by atoms with Crippen LogP contribution < -0.4 is 5.32 Å². The van der Waals surface area contributed by atoms with Crippen LogP contribution in [0, 0.1) is 0 Å².